The van der Waals surface area contributed by atoms with Gasteiger partial charge in [0.1, 0.15) is 5.82 Å². The van der Waals surface area contributed by atoms with Crippen LogP contribution in [0.4, 0.5) is 13.2 Å². The molecule has 0 bridgehead atoms. The molecular weight excluding hydrogens is 357 g/mol. The topological polar surface area (TPSA) is 38.0 Å². The maximum absolute atomic E-state index is 13.9. The van der Waals surface area contributed by atoms with E-state index in [2.05, 4.69) is 21.4 Å². The molecule has 0 fully saturated rings. The first kappa shape index (κ1) is 15.3. The lowest BCUT2D eigenvalue weighted by Gasteiger charge is -2.19. The maximum Gasteiger partial charge on any atom is 0.173 e. The number of benzene rings is 2. The fraction of sp³-hybridized carbons (Fsp3) is 0.0769. The molecule has 0 amide bonds. The van der Waals surface area contributed by atoms with Crippen LogP contribution < -0.4 is 11.3 Å². The second kappa shape index (κ2) is 6.13. The van der Waals surface area contributed by atoms with Crippen molar-refractivity contribution in [2.75, 3.05) is 0 Å². The van der Waals surface area contributed by atoms with Gasteiger partial charge in [0.15, 0.2) is 11.6 Å². The third-order valence-corrected chi connectivity index (χ3v) is 3.86. The number of hydrogen-bond donors (Lipinski definition) is 2. The summed E-state index contributed by atoms with van der Waals surface area (Å²) in [6.45, 7) is 0. The number of rotatable bonds is 3. The third-order valence-electron chi connectivity index (χ3n) is 2.82. The molecule has 3 N–H and O–H groups in total. The predicted molar refractivity (Wildman–Crippen MR) is 74.6 cm³/mol. The van der Waals surface area contributed by atoms with Gasteiger partial charge < -0.3 is 0 Å². The Morgan fingerprint density at radius 1 is 1.05 bits per heavy atom. The molecule has 0 saturated carbocycles. The summed E-state index contributed by atoms with van der Waals surface area (Å²) in [4.78, 5) is 0. The molecule has 0 aliphatic carbocycles. The van der Waals surface area contributed by atoms with Crippen molar-refractivity contribution in [3.8, 4) is 0 Å². The van der Waals surface area contributed by atoms with Gasteiger partial charge in [-0.3, -0.25) is 5.84 Å². The van der Waals surface area contributed by atoms with Crippen LogP contribution in [-0.2, 0) is 0 Å². The Kier molecular flexibility index (Phi) is 4.70. The summed E-state index contributed by atoms with van der Waals surface area (Å²) in [5.41, 5.74) is 2.82. The van der Waals surface area contributed by atoms with Crippen molar-refractivity contribution in [1.82, 2.24) is 5.43 Å². The van der Waals surface area contributed by atoms with Gasteiger partial charge in [-0.1, -0.05) is 23.7 Å². The second-order valence-corrected chi connectivity index (χ2v) is 5.26. The first-order valence-corrected chi connectivity index (χ1v) is 6.67. The molecule has 2 nitrogen and oxygen atoms in total. The van der Waals surface area contributed by atoms with Gasteiger partial charge in [0, 0.05) is 10.6 Å². The van der Waals surface area contributed by atoms with E-state index in [1.807, 2.05) is 0 Å². The van der Waals surface area contributed by atoms with Crippen LogP contribution >= 0.6 is 27.5 Å². The van der Waals surface area contributed by atoms with E-state index in [4.69, 9.17) is 17.4 Å². The van der Waals surface area contributed by atoms with Crippen LogP contribution in [-0.4, -0.2) is 0 Å². The number of halogens is 5. The maximum atomic E-state index is 13.9. The summed E-state index contributed by atoms with van der Waals surface area (Å²) < 4.78 is 40.5. The molecule has 0 aromatic heterocycles. The van der Waals surface area contributed by atoms with E-state index in [0.29, 0.717) is 0 Å². The van der Waals surface area contributed by atoms with Crippen LogP contribution in [0.25, 0.3) is 0 Å². The van der Waals surface area contributed by atoms with Gasteiger partial charge in [-0.2, -0.15) is 0 Å². The summed E-state index contributed by atoms with van der Waals surface area (Å²) >= 11 is 8.63. The summed E-state index contributed by atoms with van der Waals surface area (Å²) in [6.07, 6.45) is 0. The van der Waals surface area contributed by atoms with Gasteiger partial charge in [0.2, 0.25) is 0 Å². The smallest absolute Gasteiger partial charge is 0.173 e. The minimum atomic E-state index is -1.06. The SMILES string of the molecule is NNC(c1ccc(Cl)cc1F)c1ccc(F)c(F)c1Br. The molecule has 106 valence electrons. The number of nitrogens with two attached hydrogens (primary N) is 1. The highest BCUT2D eigenvalue weighted by atomic mass is 79.9. The van der Waals surface area contributed by atoms with Gasteiger partial charge in [-0.15, -0.1) is 0 Å². The van der Waals surface area contributed by atoms with E-state index in [1.165, 1.54) is 18.2 Å². The summed E-state index contributed by atoms with van der Waals surface area (Å²) in [5, 5.41) is 0.228. The molecule has 0 aliphatic heterocycles. The van der Waals surface area contributed by atoms with Gasteiger partial charge in [-0.25, -0.2) is 18.6 Å². The standard InChI is InChI=1S/C13H9BrClF3N2/c14-11-8(3-4-9(16)12(11)18)13(20-19)7-2-1-6(15)5-10(7)17/h1-5,13,20H,19H2. The van der Waals surface area contributed by atoms with E-state index >= 15 is 0 Å². The Hall–Kier alpha value is -1.08. The number of hydrazine groups is 1. The molecule has 0 radical (unpaired) electrons. The van der Waals surface area contributed by atoms with Crippen molar-refractivity contribution < 1.29 is 13.2 Å². The summed E-state index contributed by atoms with van der Waals surface area (Å²) in [5.74, 6) is 2.75. The van der Waals surface area contributed by atoms with Gasteiger partial charge in [0.25, 0.3) is 0 Å². The normalized spacial score (nSPS) is 12.5. The van der Waals surface area contributed by atoms with Crippen molar-refractivity contribution in [2.45, 2.75) is 6.04 Å². The lowest BCUT2D eigenvalue weighted by Crippen LogP contribution is -2.30. The quantitative estimate of drug-likeness (QED) is 0.489. The highest BCUT2D eigenvalue weighted by Gasteiger charge is 2.22. The van der Waals surface area contributed by atoms with Crippen molar-refractivity contribution in [3.05, 3.63) is 68.4 Å². The zero-order chi connectivity index (χ0) is 14.9. The molecule has 0 saturated heterocycles. The van der Waals surface area contributed by atoms with E-state index in [-0.39, 0.29) is 20.6 Å². The zero-order valence-electron chi connectivity index (χ0n) is 9.93. The van der Waals surface area contributed by atoms with Gasteiger partial charge in [0.05, 0.1) is 10.5 Å². The fourth-order valence-electron chi connectivity index (χ4n) is 1.85. The molecule has 20 heavy (non-hydrogen) atoms. The van der Waals surface area contributed by atoms with Crippen molar-refractivity contribution in [3.63, 3.8) is 0 Å². The highest BCUT2D eigenvalue weighted by molar-refractivity contribution is 9.10. The Bertz CT molecular complexity index is 652. The fourth-order valence-corrected chi connectivity index (χ4v) is 2.56. The Labute approximate surface area is 126 Å². The van der Waals surface area contributed by atoms with E-state index in [1.54, 1.807) is 0 Å². The van der Waals surface area contributed by atoms with Crippen LogP contribution in [0.2, 0.25) is 5.02 Å². The first-order chi connectivity index (χ1) is 9.45. The molecule has 1 unspecified atom stereocenters. The van der Waals surface area contributed by atoms with E-state index in [0.717, 1.165) is 12.1 Å². The lowest BCUT2D eigenvalue weighted by molar-refractivity contribution is 0.496. The third kappa shape index (κ3) is 2.83. The summed E-state index contributed by atoms with van der Waals surface area (Å²) in [6, 6.07) is 5.45. The minimum Gasteiger partial charge on any atom is -0.271 e. The molecular formula is C13H9BrClF3N2. The minimum absolute atomic E-state index is 0.116. The Balaban J connectivity index is 2.55. The van der Waals surface area contributed by atoms with Gasteiger partial charge >= 0.3 is 0 Å². The first-order valence-electron chi connectivity index (χ1n) is 5.50. The average Bonchev–Trinajstić information content (AvgIpc) is 2.41. The van der Waals surface area contributed by atoms with Gasteiger partial charge in [-0.05, 0) is 39.7 Å². The number of nitrogens with one attached hydrogen (secondary N) is 1. The molecule has 2 rings (SSSR count). The molecule has 2 aromatic rings. The van der Waals surface area contributed by atoms with Crippen molar-refractivity contribution in [1.29, 1.82) is 0 Å². The molecule has 7 heteroatoms. The van der Waals surface area contributed by atoms with E-state index in [9.17, 15) is 13.2 Å². The van der Waals surface area contributed by atoms with Crippen molar-refractivity contribution in [2.24, 2.45) is 5.84 Å². The van der Waals surface area contributed by atoms with Crippen LogP contribution in [0.15, 0.2) is 34.8 Å². The van der Waals surface area contributed by atoms with Crippen LogP contribution in [0.5, 0.6) is 0 Å². The zero-order valence-corrected chi connectivity index (χ0v) is 12.3. The van der Waals surface area contributed by atoms with E-state index < -0.39 is 23.5 Å². The molecule has 0 aliphatic rings. The van der Waals surface area contributed by atoms with Crippen molar-refractivity contribution >= 4 is 27.5 Å². The molecule has 0 heterocycles. The van der Waals surface area contributed by atoms with Crippen LogP contribution in [0.3, 0.4) is 0 Å². The highest BCUT2D eigenvalue weighted by Crippen LogP contribution is 2.32. The molecule has 2 aromatic carbocycles. The lowest BCUT2D eigenvalue weighted by atomic mass is 9.98. The number of hydrogen-bond acceptors (Lipinski definition) is 2. The largest absolute Gasteiger partial charge is 0.271 e. The Morgan fingerprint density at radius 2 is 1.70 bits per heavy atom. The van der Waals surface area contributed by atoms with Crippen LogP contribution in [0, 0.1) is 17.5 Å². The Morgan fingerprint density at radius 3 is 2.30 bits per heavy atom. The second-order valence-electron chi connectivity index (χ2n) is 4.03. The average molecular weight is 366 g/mol. The summed E-state index contributed by atoms with van der Waals surface area (Å²) in [7, 11) is 0. The predicted octanol–water partition coefficient (Wildman–Crippen LogP) is 4.07. The molecule has 1 atom stereocenters. The molecule has 0 spiro atoms. The monoisotopic (exact) mass is 364 g/mol. The van der Waals surface area contributed by atoms with Crippen LogP contribution in [0.1, 0.15) is 17.2 Å².